The fraction of sp³-hybridized carbons (Fsp3) is 0.318. The summed E-state index contributed by atoms with van der Waals surface area (Å²) < 4.78 is 0. The molecule has 0 atom stereocenters. The molecule has 4 rings (SSSR count). The largest absolute Gasteiger partial charge is 0.296 e. The molecule has 1 aromatic heterocycles. The molecule has 1 aliphatic rings. The second-order valence-corrected chi connectivity index (χ2v) is 8.42. The van der Waals surface area contributed by atoms with E-state index in [-0.39, 0.29) is 0 Å². The van der Waals surface area contributed by atoms with Gasteiger partial charge in [0.2, 0.25) is 0 Å². The van der Waals surface area contributed by atoms with Gasteiger partial charge in [-0.25, -0.2) is 4.98 Å². The Morgan fingerprint density at radius 2 is 1.59 bits per heavy atom. The molecule has 0 unspecified atom stereocenters. The predicted octanol–water partition coefficient (Wildman–Crippen LogP) is 5.09. The zero-order valence-corrected chi connectivity index (χ0v) is 17.1. The van der Waals surface area contributed by atoms with Crippen molar-refractivity contribution in [2.24, 2.45) is 0 Å². The molecule has 0 amide bonds. The van der Waals surface area contributed by atoms with Gasteiger partial charge < -0.3 is 0 Å². The van der Waals surface area contributed by atoms with Gasteiger partial charge in [0.25, 0.3) is 0 Å². The lowest BCUT2D eigenvalue weighted by atomic mass is 10.2. The molecule has 2 heterocycles. The number of rotatable bonds is 5. The number of aryl methyl sites for hydroxylation is 1. The Kier molecular flexibility index (Phi) is 5.89. The van der Waals surface area contributed by atoms with E-state index >= 15 is 0 Å². The third-order valence-electron chi connectivity index (χ3n) is 5.05. The summed E-state index contributed by atoms with van der Waals surface area (Å²) in [7, 11) is 0. The van der Waals surface area contributed by atoms with Crippen LogP contribution in [0.2, 0.25) is 5.02 Å². The Labute approximate surface area is 170 Å². The summed E-state index contributed by atoms with van der Waals surface area (Å²) in [6, 6.07) is 16.8. The molecule has 0 aliphatic carbocycles. The maximum absolute atomic E-state index is 6.30. The number of piperazine rings is 1. The Morgan fingerprint density at radius 1 is 0.926 bits per heavy atom. The van der Waals surface area contributed by atoms with Crippen molar-refractivity contribution < 1.29 is 0 Å². The second-order valence-electron chi connectivity index (χ2n) is 7.15. The van der Waals surface area contributed by atoms with Crippen LogP contribution in [0.15, 0.2) is 53.9 Å². The highest BCUT2D eigenvalue weighted by Crippen LogP contribution is 2.25. The average molecular weight is 398 g/mol. The third-order valence-corrected chi connectivity index (χ3v) is 6.36. The Hall–Kier alpha value is -1.72. The number of halogens is 1. The van der Waals surface area contributed by atoms with Crippen LogP contribution in [0, 0.1) is 6.92 Å². The van der Waals surface area contributed by atoms with Gasteiger partial charge >= 0.3 is 0 Å². The van der Waals surface area contributed by atoms with E-state index in [0.717, 1.165) is 49.3 Å². The molecular formula is C22H24ClN3S. The molecule has 3 nitrogen and oxygen atoms in total. The van der Waals surface area contributed by atoms with E-state index in [4.69, 9.17) is 16.6 Å². The van der Waals surface area contributed by atoms with Crippen LogP contribution in [0.5, 0.6) is 0 Å². The van der Waals surface area contributed by atoms with Gasteiger partial charge in [0, 0.05) is 55.2 Å². The summed E-state index contributed by atoms with van der Waals surface area (Å²) in [6.45, 7) is 8.26. The minimum absolute atomic E-state index is 0.867. The minimum Gasteiger partial charge on any atom is -0.296 e. The Morgan fingerprint density at radius 3 is 2.30 bits per heavy atom. The van der Waals surface area contributed by atoms with Crippen LogP contribution >= 0.6 is 22.9 Å². The summed E-state index contributed by atoms with van der Waals surface area (Å²) in [6.07, 6.45) is 0. The van der Waals surface area contributed by atoms with Crippen molar-refractivity contribution in [3.8, 4) is 10.6 Å². The maximum atomic E-state index is 6.30. The van der Waals surface area contributed by atoms with Gasteiger partial charge in [0.15, 0.2) is 0 Å². The number of nitrogens with zero attached hydrogens (tertiary/aromatic N) is 3. The van der Waals surface area contributed by atoms with E-state index < -0.39 is 0 Å². The van der Waals surface area contributed by atoms with Crippen molar-refractivity contribution in [1.29, 1.82) is 0 Å². The number of hydrogen-bond donors (Lipinski definition) is 0. The first-order valence-corrected chi connectivity index (χ1v) is 10.6. The van der Waals surface area contributed by atoms with Gasteiger partial charge in [-0.1, -0.05) is 59.6 Å². The average Bonchev–Trinajstić information content (AvgIpc) is 3.14. The third kappa shape index (κ3) is 4.77. The molecule has 1 aliphatic heterocycles. The van der Waals surface area contributed by atoms with Crippen molar-refractivity contribution in [1.82, 2.24) is 14.8 Å². The van der Waals surface area contributed by atoms with Crippen LogP contribution in [0.1, 0.15) is 16.8 Å². The quantitative estimate of drug-likeness (QED) is 0.597. The standard InChI is InChI=1S/C22H24ClN3S/c1-17-6-8-18(9-7-17)22-24-20(16-27-22)15-26-12-10-25(11-13-26)14-19-4-2-3-5-21(19)23/h2-9,16H,10-15H2,1H3. The monoisotopic (exact) mass is 397 g/mol. The molecule has 140 valence electrons. The number of benzene rings is 2. The van der Waals surface area contributed by atoms with Crippen molar-refractivity contribution >= 4 is 22.9 Å². The molecule has 1 saturated heterocycles. The van der Waals surface area contributed by atoms with Crippen LogP contribution in [0.3, 0.4) is 0 Å². The zero-order chi connectivity index (χ0) is 18.6. The first-order chi connectivity index (χ1) is 13.2. The van der Waals surface area contributed by atoms with Crippen LogP contribution in [0.25, 0.3) is 10.6 Å². The molecule has 0 saturated carbocycles. The highest BCUT2D eigenvalue weighted by molar-refractivity contribution is 7.13. The molecule has 5 heteroatoms. The van der Waals surface area contributed by atoms with Crippen LogP contribution < -0.4 is 0 Å². The second kappa shape index (κ2) is 8.53. The molecule has 2 aromatic carbocycles. The van der Waals surface area contributed by atoms with Gasteiger partial charge in [-0.15, -0.1) is 11.3 Å². The van der Waals surface area contributed by atoms with Gasteiger partial charge in [0.05, 0.1) is 5.69 Å². The van der Waals surface area contributed by atoms with Crippen molar-refractivity contribution in [2.75, 3.05) is 26.2 Å². The zero-order valence-electron chi connectivity index (χ0n) is 15.6. The summed E-state index contributed by atoms with van der Waals surface area (Å²) >= 11 is 8.03. The van der Waals surface area contributed by atoms with Gasteiger partial charge in [-0.05, 0) is 18.6 Å². The van der Waals surface area contributed by atoms with Crippen molar-refractivity contribution in [2.45, 2.75) is 20.0 Å². The lowest BCUT2D eigenvalue weighted by molar-refractivity contribution is 0.121. The Balaban J connectivity index is 1.31. The van der Waals surface area contributed by atoms with Crippen LogP contribution in [-0.2, 0) is 13.1 Å². The molecule has 0 bridgehead atoms. The van der Waals surface area contributed by atoms with Crippen molar-refractivity contribution in [3.63, 3.8) is 0 Å². The predicted molar refractivity (Wildman–Crippen MR) is 114 cm³/mol. The first-order valence-electron chi connectivity index (χ1n) is 9.37. The topological polar surface area (TPSA) is 19.4 Å². The lowest BCUT2D eigenvalue weighted by Gasteiger charge is -2.34. The van der Waals surface area contributed by atoms with E-state index in [1.807, 2.05) is 12.1 Å². The molecular weight excluding hydrogens is 374 g/mol. The summed E-state index contributed by atoms with van der Waals surface area (Å²) in [5, 5.41) is 4.18. The van der Waals surface area contributed by atoms with Gasteiger partial charge in [0.1, 0.15) is 5.01 Å². The smallest absolute Gasteiger partial charge is 0.123 e. The normalized spacial score (nSPS) is 15.9. The van der Waals surface area contributed by atoms with E-state index in [0.29, 0.717) is 0 Å². The maximum Gasteiger partial charge on any atom is 0.123 e. The number of hydrogen-bond acceptors (Lipinski definition) is 4. The molecule has 0 N–H and O–H groups in total. The first kappa shape index (κ1) is 18.6. The van der Waals surface area contributed by atoms with Gasteiger partial charge in [-0.2, -0.15) is 0 Å². The van der Waals surface area contributed by atoms with E-state index in [1.165, 1.54) is 22.4 Å². The fourth-order valence-electron chi connectivity index (χ4n) is 3.41. The summed E-state index contributed by atoms with van der Waals surface area (Å²) in [4.78, 5) is 9.83. The van der Waals surface area contributed by atoms with Gasteiger partial charge in [-0.3, -0.25) is 9.80 Å². The lowest BCUT2D eigenvalue weighted by Crippen LogP contribution is -2.45. The SMILES string of the molecule is Cc1ccc(-c2nc(CN3CCN(Cc4ccccc4Cl)CC3)cs2)cc1. The highest BCUT2D eigenvalue weighted by atomic mass is 35.5. The van der Waals surface area contributed by atoms with Crippen molar-refractivity contribution in [3.05, 3.63) is 75.8 Å². The molecule has 0 spiro atoms. The molecule has 0 radical (unpaired) electrons. The van der Waals surface area contributed by atoms with E-state index in [9.17, 15) is 0 Å². The number of aromatic nitrogens is 1. The minimum atomic E-state index is 0.867. The Bertz CT molecular complexity index is 883. The molecule has 3 aromatic rings. The molecule has 1 fully saturated rings. The molecule has 27 heavy (non-hydrogen) atoms. The van der Waals surface area contributed by atoms with Crippen LogP contribution in [0.4, 0.5) is 0 Å². The fourth-order valence-corrected chi connectivity index (χ4v) is 4.42. The highest BCUT2D eigenvalue weighted by Gasteiger charge is 2.18. The summed E-state index contributed by atoms with van der Waals surface area (Å²) in [5.41, 5.74) is 4.89. The number of thiazole rings is 1. The summed E-state index contributed by atoms with van der Waals surface area (Å²) in [5.74, 6) is 0. The van der Waals surface area contributed by atoms with E-state index in [2.05, 4.69) is 58.5 Å². The van der Waals surface area contributed by atoms with E-state index in [1.54, 1.807) is 11.3 Å². The van der Waals surface area contributed by atoms with Crippen LogP contribution in [-0.4, -0.2) is 41.0 Å².